The zero-order valence-electron chi connectivity index (χ0n) is 26.5. The third-order valence-corrected chi connectivity index (χ3v) is 10.8. The van der Waals surface area contributed by atoms with E-state index in [1.165, 1.54) is 36.5 Å². The molecule has 0 spiro atoms. The summed E-state index contributed by atoms with van der Waals surface area (Å²) in [4.78, 5) is 2.40. The van der Waals surface area contributed by atoms with Crippen LogP contribution in [0, 0.1) is 0 Å². The van der Waals surface area contributed by atoms with E-state index in [-0.39, 0.29) is 0 Å². The molecule has 3 heteroatoms. The van der Waals surface area contributed by atoms with Crippen LogP contribution >= 0.6 is 11.3 Å². The van der Waals surface area contributed by atoms with E-state index in [2.05, 4.69) is 175 Å². The molecule has 0 aliphatic carbocycles. The molecule has 49 heavy (non-hydrogen) atoms. The van der Waals surface area contributed by atoms with Crippen molar-refractivity contribution >= 4 is 81.3 Å². The van der Waals surface area contributed by atoms with E-state index in [0.717, 1.165) is 55.7 Å². The second-order valence-corrected chi connectivity index (χ2v) is 13.6. The molecular weight excluding hydrogens is 615 g/mol. The molecule has 2 aromatic heterocycles. The second-order valence-electron chi connectivity index (χ2n) is 12.5. The van der Waals surface area contributed by atoms with Gasteiger partial charge in [-0.05, 0) is 82.1 Å². The molecule has 0 aliphatic heterocycles. The van der Waals surface area contributed by atoms with Crippen LogP contribution in [0.15, 0.2) is 180 Å². The number of rotatable bonds is 5. The summed E-state index contributed by atoms with van der Waals surface area (Å²) < 4.78 is 9.21. The van der Waals surface area contributed by atoms with Crippen molar-refractivity contribution in [3.63, 3.8) is 0 Å². The SMILES string of the molecule is c1ccc(-c2ccc(N(c3ccc4ccccc4c3)c3ccc4sc5ccccc5c4c3)cc2-c2cccc3c2oc2ccccc23)cc1. The maximum Gasteiger partial charge on any atom is 0.143 e. The van der Waals surface area contributed by atoms with Crippen molar-refractivity contribution in [3.05, 3.63) is 176 Å². The normalized spacial score (nSPS) is 11.7. The molecule has 0 amide bonds. The van der Waals surface area contributed by atoms with Gasteiger partial charge in [0.25, 0.3) is 0 Å². The Bertz CT molecular complexity index is 2840. The van der Waals surface area contributed by atoms with E-state index in [1.54, 1.807) is 0 Å². The van der Waals surface area contributed by atoms with Gasteiger partial charge in [0.15, 0.2) is 0 Å². The van der Waals surface area contributed by atoms with Crippen LogP contribution in [0.2, 0.25) is 0 Å². The van der Waals surface area contributed by atoms with E-state index >= 15 is 0 Å². The van der Waals surface area contributed by atoms with Crippen molar-refractivity contribution in [1.29, 1.82) is 0 Å². The minimum atomic E-state index is 0.899. The van der Waals surface area contributed by atoms with E-state index in [4.69, 9.17) is 4.42 Å². The zero-order chi connectivity index (χ0) is 32.3. The quantitative estimate of drug-likeness (QED) is 0.186. The van der Waals surface area contributed by atoms with Gasteiger partial charge in [-0.3, -0.25) is 0 Å². The molecule has 0 radical (unpaired) electrons. The van der Waals surface area contributed by atoms with Crippen molar-refractivity contribution in [2.75, 3.05) is 4.90 Å². The van der Waals surface area contributed by atoms with Gasteiger partial charge in [-0.15, -0.1) is 11.3 Å². The Kier molecular flexibility index (Phi) is 6.39. The number of benzene rings is 8. The van der Waals surface area contributed by atoms with E-state index < -0.39 is 0 Å². The Morgan fingerprint density at radius 3 is 1.98 bits per heavy atom. The fraction of sp³-hybridized carbons (Fsp3) is 0. The molecule has 2 nitrogen and oxygen atoms in total. The molecule has 10 rings (SSSR count). The maximum atomic E-state index is 6.61. The molecule has 0 N–H and O–H groups in total. The lowest BCUT2D eigenvalue weighted by Crippen LogP contribution is -2.10. The number of hydrogen-bond acceptors (Lipinski definition) is 3. The van der Waals surface area contributed by atoms with Crippen LogP contribution in [0.1, 0.15) is 0 Å². The Labute approximate surface area is 287 Å². The average Bonchev–Trinajstić information content (AvgIpc) is 3.74. The monoisotopic (exact) mass is 643 g/mol. The molecule has 10 aromatic rings. The Morgan fingerprint density at radius 1 is 0.388 bits per heavy atom. The molecule has 0 bridgehead atoms. The maximum absolute atomic E-state index is 6.61. The van der Waals surface area contributed by atoms with Gasteiger partial charge in [0.1, 0.15) is 11.2 Å². The van der Waals surface area contributed by atoms with Crippen LogP contribution in [-0.2, 0) is 0 Å². The van der Waals surface area contributed by atoms with Crippen LogP contribution in [0.5, 0.6) is 0 Å². The molecule has 0 unspecified atom stereocenters. The van der Waals surface area contributed by atoms with E-state index in [9.17, 15) is 0 Å². The van der Waals surface area contributed by atoms with Gasteiger partial charge < -0.3 is 9.32 Å². The van der Waals surface area contributed by atoms with Gasteiger partial charge in [-0.1, -0.05) is 121 Å². The largest absolute Gasteiger partial charge is 0.455 e. The first-order valence-electron chi connectivity index (χ1n) is 16.6. The number of anilines is 3. The first-order valence-corrected chi connectivity index (χ1v) is 17.4. The molecule has 2 heterocycles. The fourth-order valence-corrected chi connectivity index (χ4v) is 8.43. The fourth-order valence-electron chi connectivity index (χ4n) is 7.34. The summed E-state index contributed by atoms with van der Waals surface area (Å²) in [6, 6.07) is 63.3. The molecular formula is C46H29NOS. The van der Waals surface area contributed by atoms with Crippen molar-refractivity contribution < 1.29 is 4.42 Å². The third-order valence-electron chi connectivity index (χ3n) is 9.65. The van der Waals surface area contributed by atoms with Gasteiger partial charge in [0.05, 0.1) is 0 Å². The first kappa shape index (κ1) is 27.9. The molecule has 0 aliphatic rings. The van der Waals surface area contributed by atoms with Gasteiger partial charge in [-0.25, -0.2) is 0 Å². The molecule has 8 aromatic carbocycles. The Hall–Kier alpha value is -6.16. The minimum absolute atomic E-state index is 0.899. The lowest BCUT2D eigenvalue weighted by molar-refractivity contribution is 0.670. The highest BCUT2D eigenvalue weighted by Crippen LogP contribution is 2.45. The molecule has 0 atom stereocenters. The topological polar surface area (TPSA) is 16.4 Å². The number of hydrogen-bond donors (Lipinski definition) is 0. The highest BCUT2D eigenvalue weighted by atomic mass is 32.1. The smallest absolute Gasteiger partial charge is 0.143 e. The van der Waals surface area contributed by atoms with Crippen LogP contribution < -0.4 is 4.90 Å². The summed E-state index contributed by atoms with van der Waals surface area (Å²) in [6.45, 7) is 0. The molecule has 0 fully saturated rings. The van der Waals surface area contributed by atoms with Crippen molar-refractivity contribution in [3.8, 4) is 22.3 Å². The Balaban J connectivity index is 1.25. The predicted molar refractivity (Wildman–Crippen MR) is 210 cm³/mol. The van der Waals surface area contributed by atoms with E-state index in [0.29, 0.717) is 0 Å². The Morgan fingerprint density at radius 2 is 1.06 bits per heavy atom. The van der Waals surface area contributed by atoms with Crippen molar-refractivity contribution in [1.82, 2.24) is 0 Å². The number of nitrogens with zero attached hydrogens (tertiary/aromatic N) is 1. The molecule has 230 valence electrons. The highest BCUT2D eigenvalue weighted by Gasteiger charge is 2.20. The zero-order valence-corrected chi connectivity index (χ0v) is 27.3. The number of furan rings is 1. The molecule has 0 saturated carbocycles. The summed E-state index contributed by atoms with van der Waals surface area (Å²) in [5.74, 6) is 0. The van der Waals surface area contributed by atoms with Gasteiger partial charge in [-0.2, -0.15) is 0 Å². The van der Waals surface area contributed by atoms with Gasteiger partial charge >= 0.3 is 0 Å². The molecule has 0 saturated heterocycles. The highest BCUT2D eigenvalue weighted by molar-refractivity contribution is 7.25. The summed E-state index contributed by atoms with van der Waals surface area (Å²) in [6.07, 6.45) is 0. The minimum Gasteiger partial charge on any atom is -0.455 e. The lowest BCUT2D eigenvalue weighted by Gasteiger charge is -2.27. The summed E-state index contributed by atoms with van der Waals surface area (Å²) in [5, 5.41) is 7.25. The average molecular weight is 644 g/mol. The van der Waals surface area contributed by atoms with Crippen LogP contribution in [-0.4, -0.2) is 0 Å². The van der Waals surface area contributed by atoms with Crippen LogP contribution in [0.3, 0.4) is 0 Å². The van der Waals surface area contributed by atoms with Crippen LogP contribution in [0.4, 0.5) is 17.1 Å². The first-order chi connectivity index (χ1) is 24.3. The van der Waals surface area contributed by atoms with Crippen LogP contribution in [0.25, 0.3) is 75.1 Å². The predicted octanol–water partition coefficient (Wildman–Crippen LogP) is 13.9. The van der Waals surface area contributed by atoms with Gasteiger partial charge in [0, 0.05) is 53.6 Å². The summed E-state index contributed by atoms with van der Waals surface area (Å²) in [7, 11) is 0. The number of fused-ring (bicyclic) bond motifs is 7. The summed E-state index contributed by atoms with van der Waals surface area (Å²) >= 11 is 1.85. The van der Waals surface area contributed by atoms with E-state index in [1.807, 2.05) is 17.4 Å². The third kappa shape index (κ3) is 4.62. The number of para-hydroxylation sites is 2. The van der Waals surface area contributed by atoms with Crippen molar-refractivity contribution in [2.45, 2.75) is 0 Å². The number of thiophene rings is 1. The second kappa shape index (κ2) is 11.2. The lowest BCUT2D eigenvalue weighted by atomic mass is 9.92. The standard InChI is InChI=1S/C46H29NOS/c1-2-12-31(13-3-1)36-25-23-34(28-41(36)40-18-10-17-39-37-15-6-8-19-43(37)48-46(39)40)47(33-22-21-30-11-4-5-14-32(30)27-33)35-24-26-45-42(29-35)38-16-7-9-20-44(38)49-45/h1-29H. The van der Waals surface area contributed by atoms with Crippen molar-refractivity contribution in [2.24, 2.45) is 0 Å². The summed E-state index contributed by atoms with van der Waals surface area (Å²) in [5.41, 5.74) is 9.64. The van der Waals surface area contributed by atoms with Gasteiger partial charge in [0.2, 0.25) is 0 Å².